The zero-order valence-electron chi connectivity index (χ0n) is 15.2. The molecule has 7 nitrogen and oxygen atoms in total. The van der Waals surface area contributed by atoms with Crippen molar-refractivity contribution in [2.75, 3.05) is 5.32 Å². The van der Waals surface area contributed by atoms with Crippen molar-refractivity contribution in [1.29, 1.82) is 0 Å². The molecule has 1 aliphatic heterocycles. The lowest BCUT2D eigenvalue weighted by Gasteiger charge is -2.31. The van der Waals surface area contributed by atoms with E-state index in [0.29, 0.717) is 19.0 Å². The van der Waals surface area contributed by atoms with Crippen molar-refractivity contribution in [1.82, 2.24) is 20.2 Å². The highest BCUT2D eigenvalue weighted by Crippen LogP contribution is 2.39. The highest BCUT2D eigenvalue weighted by Gasteiger charge is 2.36. The summed E-state index contributed by atoms with van der Waals surface area (Å²) < 4.78 is 7.66. The maximum absolute atomic E-state index is 12.7. The van der Waals surface area contributed by atoms with Crippen molar-refractivity contribution in [2.24, 2.45) is 0 Å². The van der Waals surface area contributed by atoms with Crippen molar-refractivity contribution in [3.63, 3.8) is 0 Å². The largest absolute Gasteiger partial charge is 0.489 e. The summed E-state index contributed by atoms with van der Waals surface area (Å²) in [7, 11) is 0. The maximum atomic E-state index is 12.7. The summed E-state index contributed by atoms with van der Waals surface area (Å²) in [5, 5.41) is 15.2. The molecule has 0 saturated carbocycles. The Labute approximate surface area is 162 Å². The van der Waals surface area contributed by atoms with Crippen LogP contribution in [0.3, 0.4) is 0 Å². The Hall–Kier alpha value is -3.48. The molecule has 140 valence electrons. The van der Waals surface area contributed by atoms with Crippen LogP contribution in [-0.4, -0.2) is 26.0 Å². The summed E-state index contributed by atoms with van der Waals surface area (Å²) in [4.78, 5) is 12.7. The topological polar surface area (TPSA) is 81.9 Å². The monoisotopic (exact) mass is 373 g/mol. The number of tetrazole rings is 1. The predicted molar refractivity (Wildman–Crippen MR) is 103 cm³/mol. The SMILES string of the molecule is O=C1CCCC2=C1[C@H](c1cccc(OCc3ccccc3)c1)n1nnnc1N2. The van der Waals surface area contributed by atoms with Crippen LogP contribution in [-0.2, 0) is 11.4 Å². The van der Waals surface area contributed by atoms with Crippen LogP contribution in [0.5, 0.6) is 5.75 Å². The second-order valence-electron chi connectivity index (χ2n) is 6.99. The number of ether oxygens (including phenoxy) is 1. The molecular formula is C21H19N5O2. The molecule has 2 aromatic carbocycles. The molecule has 0 fully saturated rings. The van der Waals surface area contributed by atoms with E-state index in [1.54, 1.807) is 4.68 Å². The number of hydrogen-bond donors (Lipinski definition) is 1. The van der Waals surface area contributed by atoms with Gasteiger partial charge in [0.25, 0.3) is 0 Å². The Bertz CT molecular complexity index is 1060. The molecule has 3 aromatic rings. The molecule has 28 heavy (non-hydrogen) atoms. The highest BCUT2D eigenvalue weighted by atomic mass is 16.5. The lowest BCUT2D eigenvalue weighted by atomic mass is 9.85. The molecule has 0 unspecified atom stereocenters. The molecule has 1 aliphatic carbocycles. The van der Waals surface area contributed by atoms with Gasteiger partial charge in [-0.05, 0) is 46.5 Å². The molecule has 1 N–H and O–H groups in total. The van der Waals surface area contributed by atoms with E-state index in [0.717, 1.165) is 41.0 Å². The van der Waals surface area contributed by atoms with Crippen LogP contribution < -0.4 is 10.1 Å². The zero-order chi connectivity index (χ0) is 18.9. The van der Waals surface area contributed by atoms with Crippen LogP contribution in [0.4, 0.5) is 5.95 Å². The number of nitrogens with one attached hydrogen (secondary N) is 1. The third-order valence-corrected chi connectivity index (χ3v) is 5.15. The van der Waals surface area contributed by atoms with Crippen LogP contribution in [0.2, 0.25) is 0 Å². The molecule has 0 bridgehead atoms. The molecule has 0 amide bonds. The van der Waals surface area contributed by atoms with Gasteiger partial charge in [0, 0.05) is 17.7 Å². The van der Waals surface area contributed by atoms with Gasteiger partial charge in [-0.2, -0.15) is 4.68 Å². The summed E-state index contributed by atoms with van der Waals surface area (Å²) in [5.41, 5.74) is 3.72. The third-order valence-electron chi connectivity index (χ3n) is 5.15. The quantitative estimate of drug-likeness (QED) is 0.756. The lowest BCUT2D eigenvalue weighted by molar-refractivity contribution is -0.116. The van der Waals surface area contributed by atoms with Crippen LogP contribution in [0.25, 0.3) is 0 Å². The molecule has 1 aromatic heterocycles. The minimum atomic E-state index is -0.339. The molecule has 2 heterocycles. The Morgan fingerprint density at radius 1 is 1.11 bits per heavy atom. The van der Waals surface area contributed by atoms with E-state index in [4.69, 9.17) is 4.74 Å². The molecule has 0 radical (unpaired) electrons. The molecule has 0 spiro atoms. The Balaban J connectivity index is 1.49. The number of fused-ring (bicyclic) bond motifs is 1. The van der Waals surface area contributed by atoms with Gasteiger partial charge < -0.3 is 10.1 Å². The summed E-state index contributed by atoms with van der Waals surface area (Å²) in [6.45, 7) is 0.486. The van der Waals surface area contributed by atoms with E-state index in [9.17, 15) is 4.79 Å². The van der Waals surface area contributed by atoms with Crippen LogP contribution >= 0.6 is 0 Å². The van der Waals surface area contributed by atoms with Crippen LogP contribution in [0, 0.1) is 0 Å². The average molecular weight is 373 g/mol. The van der Waals surface area contributed by atoms with Gasteiger partial charge in [-0.15, -0.1) is 0 Å². The molecule has 1 atom stereocenters. The Morgan fingerprint density at radius 3 is 2.89 bits per heavy atom. The van der Waals surface area contributed by atoms with Gasteiger partial charge in [-0.1, -0.05) is 47.6 Å². The Kier molecular flexibility index (Phi) is 4.12. The van der Waals surface area contributed by atoms with Gasteiger partial charge in [0.1, 0.15) is 18.4 Å². The number of hydrogen-bond acceptors (Lipinski definition) is 6. The van der Waals surface area contributed by atoms with E-state index in [1.807, 2.05) is 54.6 Å². The number of carbonyl (C=O) groups is 1. The van der Waals surface area contributed by atoms with Gasteiger partial charge in [-0.3, -0.25) is 4.79 Å². The zero-order valence-corrected chi connectivity index (χ0v) is 15.2. The second kappa shape index (κ2) is 6.92. The van der Waals surface area contributed by atoms with Gasteiger partial charge in [0.2, 0.25) is 5.95 Å². The van der Waals surface area contributed by atoms with Crippen molar-refractivity contribution in [2.45, 2.75) is 31.9 Å². The molecule has 2 aliphatic rings. The van der Waals surface area contributed by atoms with Gasteiger partial charge in [-0.25, -0.2) is 0 Å². The highest BCUT2D eigenvalue weighted by molar-refractivity contribution is 5.99. The standard InChI is InChI=1S/C21H19N5O2/c27-18-11-5-10-17-19(18)20(26-21(22-17)23-24-25-26)15-8-4-9-16(12-15)28-13-14-6-2-1-3-7-14/h1-4,6-9,12,20H,5,10-11,13H2,(H,22,23,25)/t20-/m0/s1. The first-order valence-electron chi connectivity index (χ1n) is 9.37. The number of rotatable bonds is 4. The summed E-state index contributed by atoms with van der Waals surface area (Å²) in [6, 6.07) is 17.5. The fraction of sp³-hybridized carbons (Fsp3) is 0.238. The number of Topliss-reactive ketones (excluding diaryl/α,β-unsaturated/α-hetero) is 1. The molecule has 0 saturated heterocycles. The first-order valence-corrected chi connectivity index (χ1v) is 9.37. The van der Waals surface area contributed by atoms with E-state index in [2.05, 4.69) is 20.8 Å². The van der Waals surface area contributed by atoms with Gasteiger partial charge in [0.15, 0.2) is 5.78 Å². The first-order chi connectivity index (χ1) is 13.8. The summed E-state index contributed by atoms with van der Waals surface area (Å²) in [6.07, 6.45) is 2.23. The van der Waals surface area contributed by atoms with Crippen LogP contribution in [0.15, 0.2) is 65.9 Å². The van der Waals surface area contributed by atoms with Crippen molar-refractivity contribution in [3.05, 3.63) is 77.0 Å². The van der Waals surface area contributed by atoms with E-state index in [-0.39, 0.29) is 11.8 Å². The first kappa shape index (κ1) is 16.7. The molecular weight excluding hydrogens is 354 g/mol. The minimum absolute atomic E-state index is 0.149. The van der Waals surface area contributed by atoms with Crippen molar-refractivity contribution in [3.8, 4) is 5.75 Å². The average Bonchev–Trinajstić information content (AvgIpc) is 3.20. The lowest BCUT2D eigenvalue weighted by Crippen LogP contribution is -2.31. The number of nitrogens with zero attached hydrogens (tertiary/aromatic N) is 4. The van der Waals surface area contributed by atoms with E-state index >= 15 is 0 Å². The summed E-state index contributed by atoms with van der Waals surface area (Å²) in [5.74, 6) is 1.46. The third kappa shape index (κ3) is 2.94. The molecule has 5 rings (SSSR count). The number of ketones is 1. The fourth-order valence-corrected chi connectivity index (χ4v) is 3.84. The summed E-state index contributed by atoms with van der Waals surface area (Å²) >= 11 is 0. The predicted octanol–water partition coefficient (Wildman–Crippen LogP) is 3.27. The van der Waals surface area contributed by atoms with Crippen molar-refractivity contribution >= 4 is 11.7 Å². The van der Waals surface area contributed by atoms with Crippen molar-refractivity contribution < 1.29 is 9.53 Å². The Morgan fingerprint density at radius 2 is 2.00 bits per heavy atom. The smallest absolute Gasteiger partial charge is 0.248 e. The van der Waals surface area contributed by atoms with Gasteiger partial charge in [0.05, 0.1) is 0 Å². The normalized spacial score (nSPS) is 18.3. The number of allylic oxidation sites excluding steroid dienone is 2. The minimum Gasteiger partial charge on any atom is -0.489 e. The number of benzene rings is 2. The van der Waals surface area contributed by atoms with E-state index in [1.165, 1.54) is 0 Å². The number of carbonyl (C=O) groups excluding carboxylic acids is 1. The molecule has 7 heteroatoms. The maximum Gasteiger partial charge on any atom is 0.248 e. The van der Waals surface area contributed by atoms with Gasteiger partial charge >= 0.3 is 0 Å². The van der Waals surface area contributed by atoms with E-state index < -0.39 is 0 Å². The fourth-order valence-electron chi connectivity index (χ4n) is 3.84. The number of aromatic nitrogens is 4. The number of anilines is 1. The second-order valence-corrected chi connectivity index (χ2v) is 6.99. The van der Waals surface area contributed by atoms with Crippen LogP contribution in [0.1, 0.15) is 36.4 Å².